The Morgan fingerprint density at radius 1 is 0.826 bits per heavy atom. The summed E-state index contributed by atoms with van der Waals surface area (Å²) >= 11 is 0. The van der Waals surface area contributed by atoms with E-state index >= 15 is 0 Å². The number of carbonyl (C=O) groups is 1. The number of carboxylic acids is 1. The quantitative estimate of drug-likeness (QED) is 0.294. The average molecular weight is 326 g/mol. The molecule has 3 heteroatoms. The predicted octanol–water partition coefficient (Wildman–Crippen LogP) is 5.65. The van der Waals surface area contributed by atoms with E-state index in [0.717, 1.165) is 19.6 Å². The normalized spacial score (nSPS) is 12.1. The highest BCUT2D eigenvalue weighted by Gasteiger charge is 2.07. The van der Waals surface area contributed by atoms with E-state index < -0.39 is 5.97 Å². The molecule has 0 fully saturated rings. The van der Waals surface area contributed by atoms with Crippen LogP contribution in [0.1, 0.15) is 91.4 Å². The zero-order valence-electron chi connectivity index (χ0n) is 15.8. The maximum atomic E-state index is 11.1. The maximum Gasteiger partial charge on any atom is 0.331 e. The fourth-order valence-corrected chi connectivity index (χ4v) is 2.79. The number of rotatable bonds is 16. The van der Waals surface area contributed by atoms with Crippen molar-refractivity contribution in [2.75, 3.05) is 19.6 Å². The fraction of sp³-hybridized carbons (Fsp3) is 0.850. The number of carboxylic acid groups (broad SMARTS) is 1. The molecule has 0 bridgehead atoms. The summed E-state index contributed by atoms with van der Waals surface area (Å²) in [7, 11) is 0. The fourth-order valence-electron chi connectivity index (χ4n) is 2.79. The second-order valence-electron chi connectivity index (χ2n) is 6.52. The maximum absolute atomic E-state index is 11.1. The van der Waals surface area contributed by atoms with Gasteiger partial charge < -0.3 is 5.11 Å². The van der Waals surface area contributed by atoms with Crippen LogP contribution in [0.4, 0.5) is 0 Å². The Balaban J connectivity index is 4.21. The molecule has 0 saturated carbocycles. The first-order chi connectivity index (χ1) is 11.2. The lowest BCUT2D eigenvalue weighted by atomic mass is 10.1. The Labute approximate surface area is 144 Å². The zero-order chi connectivity index (χ0) is 17.3. The second kappa shape index (κ2) is 16.0. The minimum atomic E-state index is -0.765. The van der Waals surface area contributed by atoms with Gasteiger partial charge in [-0.15, -0.1) is 0 Å². The van der Waals surface area contributed by atoms with Gasteiger partial charge in [0.1, 0.15) is 0 Å². The molecule has 136 valence electrons. The lowest BCUT2D eigenvalue weighted by Gasteiger charge is -2.21. The summed E-state index contributed by atoms with van der Waals surface area (Å²) in [5, 5.41) is 9.15. The van der Waals surface area contributed by atoms with E-state index in [1.54, 1.807) is 0 Å². The Hall–Kier alpha value is -0.830. The Bertz CT molecular complexity index is 299. The summed E-state index contributed by atoms with van der Waals surface area (Å²) in [4.78, 5) is 13.6. The van der Waals surface area contributed by atoms with Gasteiger partial charge in [-0.1, -0.05) is 78.2 Å². The van der Waals surface area contributed by atoms with Gasteiger partial charge in [0.2, 0.25) is 0 Å². The molecule has 0 aromatic carbocycles. The van der Waals surface area contributed by atoms with Crippen LogP contribution < -0.4 is 0 Å². The van der Waals surface area contributed by atoms with Crippen molar-refractivity contribution < 1.29 is 9.90 Å². The highest BCUT2D eigenvalue weighted by Crippen LogP contribution is 2.09. The predicted molar refractivity (Wildman–Crippen MR) is 100.0 cm³/mol. The summed E-state index contributed by atoms with van der Waals surface area (Å²) in [6.45, 7) is 9.39. The third-order valence-electron chi connectivity index (χ3n) is 4.41. The highest BCUT2D eigenvalue weighted by atomic mass is 16.4. The molecule has 0 unspecified atom stereocenters. The van der Waals surface area contributed by atoms with Crippen molar-refractivity contribution in [1.82, 2.24) is 4.90 Å². The number of hydrogen-bond donors (Lipinski definition) is 1. The van der Waals surface area contributed by atoms with Crippen molar-refractivity contribution >= 4 is 5.97 Å². The van der Waals surface area contributed by atoms with E-state index in [2.05, 4.69) is 18.7 Å². The van der Waals surface area contributed by atoms with E-state index in [-0.39, 0.29) is 0 Å². The smallest absolute Gasteiger partial charge is 0.331 e. The van der Waals surface area contributed by atoms with Crippen LogP contribution in [0.2, 0.25) is 0 Å². The van der Waals surface area contributed by atoms with Gasteiger partial charge >= 0.3 is 5.97 Å². The van der Waals surface area contributed by atoms with Crippen LogP contribution in [0, 0.1) is 0 Å². The molecule has 0 rings (SSSR count). The molecule has 3 nitrogen and oxygen atoms in total. The topological polar surface area (TPSA) is 40.5 Å². The molecule has 0 aromatic rings. The van der Waals surface area contributed by atoms with E-state index in [4.69, 9.17) is 5.11 Å². The van der Waals surface area contributed by atoms with Gasteiger partial charge in [0.05, 0.1) is 0 Å². The Kier molecular flexibility index (Phi) is 15.5. The number of hydrogen-bond acceptors (Lipinski definition) is 2. The third-order valence-corrected chi connectivity index (χ3v) is 4.41. The van der Waals surface area contributed by atoms with Gasteiger partial charge in [0.15, 0.2) is 0 Å². The van der Waals surface area contributed by atoms with Crippen LogP contribution in [0.3, 0.4) is 0 Å². The number of aliphatic carboxylic acids is 1. The zero-order valence-corrected chi connectivity index (χ0v) is 15.8. The molecule has 1 N–H and O–H groups in total. The molecule has 0 aliphatic carbocycles. The molecule has 0 aliphatic rings. The van der Waals surface area contributed by atoms with E-state index in [9.17, 15) is 4.79 Å². The Morgan fingerprint density at radius 2 is 1.30 bits per heavy atom. The largest absolute Gasteiger partial charge is 0.478 e. The molecule has 0 aliphatic heterocycles. The van der Waals surface area contributed by atoms with E-state index in [0.29, 0.717) is 12.0 Å². The SMILES string of the molecule is CCCCCCCN(CC=C(CC)C(=O)O)CCCCCCC. The molecule has 0 spiro atoms. The van der Waals surface area contributed by atoms with Crippen molar-refractivity contribution in [3.05, 3.63) is 11.6 Å². The first kappa shape index (κ1) is 22.2. The molecule has 0 saturated heterocycles. The molecule has 0 aromatic heterocycles. The minimum absolute atomic E-state index is 0.548. The van der Waals surface area contributed by atoms with Crippen LogP contribution in [0.5, 0.6) is 0 Å². The van der Waals surface area contributed by atoms with Crippen molar-refractivity contribution in [3.63, 3.8) is 0 Å². The number of unbranched alkanes of at least 4 members (excludes halogenated alkanes) is 8. The molecule has 0 amide bonds. The first-order valence-electron chi connectivity index (χ1n) is 9.80. The van der Waals surface area contributed by atoms with Crippen molar-refractivity contribution in [3.8, 4) is 0 Å². The summed E-state index contributed by atoms with van der Waals surface area (Å²) in [6, 6.07) is 0. The summed E-state index contributed by atoms with van der Waals surface area (Å²) in [6.07, 6.45) is 15.5. The van der Waals surface area contributed by atoms with Crippen LogP contribution >= 0.6 is 0 Å². The van der Waals surface area contributed by atoms with Gasteiger partial charge in [-0.05, 0) is 32.4 Å². The number of nitrogens with zero attached hydrogens (tertiary/aromatic N) is 1. The monoisotopic (exact) mass is 325 g/mol. The van der Waals surface area contributed by atoms with Gasteiger partial charge in [-0.2, -0.15) is 0 Å². The molecular formula is C20H39NO2. The van der Waals surface area contributed by atoms with Gasteiger partial charge in [0, 0.05) is 12.1 Å². The minimum Gasteiger partial charge on any atom is -0.478 e. The average Bonchev–Trinajstić information content (AvgIpc) is 2.53. The summed E-state index contributed by atoms with van der Waals surface area (Å²) in [5.74, 6) is -0.765. The van der Waals surface area contributed by atoms with Crippen LogP contribution in [0.25, 0.3) is 0 Å². The van der Waals surface area contributed by atoms with Crippen LogP contribution in [-0.4, -0.2) is 35.6 Å². The van der Waals surface area contributed by atoms with Crippen molar-refractivity contribution in [2.45, 2.75) is 91.4 Å². The van der Waals surface area contributed by atoms with Gasteiger partial charge in [0.25, 0.3) is 0 Å². The molecule has 0 atom stereocenters. The van der Waals surface area contributed by atoms with Crippen LogP contribution in [-0.2, 0) is 4.79 Å². The van der Waals surface area contributed by atoms with Crippen LogP contribution in [0.15, 0.2) is 11.6 Å². The standard InChI is InChI=1S/C20H39NO2/c1-4-7-9-11-13-16-21(17-14-12-10-8-5-2)18-15-19(6-3)20(22)23/h15H,4-14,16-18H2,1-3H3,(H,22,23). The van der Waals surface area contributed by atoms with Gasteiger partial charge in [-0.3, -0.25) is 4.90 Å². The van der Waals surface area contributed by atoms with E-state index in [1.807, 2.05) is 13.0 Å². The third kappa shape index (κ3) is 13.3. The van der Waals surface area contributed by atoms with Crippen molar-refractivity contribution in [1.29, 1.82) is 0 Å². The lowest BCUT2D eigenvalue weighted by molar-refractivity contribution is -0.132. The summed E-state index contributed by atoms with van der Waals surface area (Å²) in [5.41, 5.74) is 0.548. The Morgan fingerprint density at radius 3 is 1.70 bits per heavy atom. The summed E-state index contributed by atoms with van der Waals surface area (Å²) < 4.78 is 0. The first-order valence-corrected chi connectivity index (χ1v) is 9.80. The van der Waals surface area contributed by atoms with Gasteiger partial charge in [-0.25, -0.2) is 4.79 Å². The molecule has 0 heterocycles. The van der Waals surface area contributed by atoms with E-state index in [1.165, 1.54) is 64.2 Å². The molecular weight excluding hydrogens is 286 g/mol. The highest BCUT2D eigenvalue weighted by molar-refractivity contribution is 5.86. The second-order valence-corrected chi connectivity index (χ2v) is 6.52. The lowest BCUT2D eigenvalue weighted by Crippen LogP contribution is -2.27. The molecule has 0 radical (unpaired) electrons. The molecule has 23 heavy (non-hydrogen) atoms. The van der Waals surface area contributed by atoms with Crippen molar-refractivity contribution in [2.24, 2.45) is 0 Å².